The van der Waals surface area contributed by atoms with Crippen molar-refractivity contribution in [1.82, 2.24) is 12.9 Å². The van der Waals surface area contributed by atoms with Gasteiger partial charge in [0.1, 0.15) is 5.60 Å². The Hall–Kier alpha value is -6.79. The van der Waals surface area contributed by atoms with E-state index >= 15 is 0 Å². The van der Waals surface area contributed by atoms with E-state index in [1.165, 1.54) is 36.4 Å². The van der Waals surface area contributed by atoms with Gasteiger partial charge in [-0.3, -0.25) is 30.3 Å². The van der Waals surface area contributed by atoms with E-state index in [1.54, 1.807) is 36.4 Å². The van der Waals surface area contributed by atoms with Crippen molar-refractivity contribution in [2.75, 3.05) is 45.9 Å². The van der Waals surface area contributed by atoms with Crippen LogP contribution in [0.4, 0.5) is 17.1 Å². The molecule has 0 spiro atoms. The summed E-state index contributed by atoms with van der Waals surface area (Å²) < 4.78 is 97.9. The molecule has 1 fully saturated rings. The quantitative estimate of drug-likeness (QED) is 0.0613. The molecule has 0 unspecified atom stereocenters. The highest BCUT2D eigenvalue weighted by molar-refractivity contribution is 7.90. The largest absolute Gasteiger partial charge is 0.360 e. The first-order valence-electron chi connectivity index (χ1n) is 20.5. The van der Waals surface area contributed by atoms with Gasteiger partial charge in [-0.2, -0.15) is 12.9 Å². The van der Waals surface area contributed by atoms with Gasteiger partial charge in [-0.15, -0.1) is 0 Å². The lowest BCUT2D eigenvalue weighted by molar-refractivity contribution is -0.388. The molecule has 0 amide bonds. The number of nitrogens with zero attached hydrogens (tertiary/aromatic N) is 6. The molecule has 67 heavy (non-hydrogen) atoms. The monoisotopic (exact) mass is 970 g/mol. The van der Waals surface area contributed by atoms with Gasteiger partial charge < -0.3 is 4.74 Å². The molecule has 6 aromatic carbocycles. The van der Waals surface area contributed by atoms with E-state index < -0.39 is 134 Å². The summed E-state index contributed by atoms with van der Waals surface area (Å²) in [7, 11) is -14.9. The third-order valence-corrected chi connectivity index (χ3v) is 17.0. The molecule has 7 rings (SSSR count). The van der Waals surface area contributed by atoms with Crippen molar-refractivity contribution in [3.63, 3.8) is 0 Å². The predicted octanol–water partition coefficient (Wildman–Crippen LogP) is 6.42. The van der Waals surface area contributed by atoms with Crippen molar-refractivity contribution in [2.24, 2.45) is 5.92 Å². The molecule has 1 aliphatic heterocycles. The molecule has 0 aliphatic carbocycles. The second-order valence-corrected chi connectivity index (χ2v) is 21.0. The summed E-state index contributed by atoms with van der Waals surface area (Å²) in [5.41, 5.74) is -1.93. The standard InChI is InChI=1S/C45H42N6O13S3/c52-49(53)39-22-10-13-25-42(39)65(58,59)46-28-30-47(66(60,61)43-26-14-11-23-40(43)50(54)55)32-35(33-48(31-29-46)67(62,63)44-27-15-12-24-41(44)51(56)57)34-64-45(36-16-4-1-5-17-36,37-18-6-2-7-19-37)38-20-8-3-9-21-38/h1-27,35H,28-34H2. The van der Waals surface area contributed by atoms with Gasteiger partial charge in [-0.1, -0.05) is 127 Å². The van der Waals surface area contributed by atoms with Crippen LogP contribution in [0.3, 0.4) is 0 Å². The maximum atomic E-state index is 14.9. The molecule has 6 aromatic rings. The Balaban J connectivity index is 1.43. The molecule has 0 saturated carbocycles. The normalized spacial score (nSPS) is 15.4. The maximum absolute atomic E-state index is 14.9. The van der Waals surface area contributed by atoms with E-state index in [1.807, 2.05) is 54.6 Å². The number of ether oxygens (including phenoxy) is 1. The fourth-order valence-corrected chi connectivity index (χ4v) is 13.0. The first-order valence-corrected chi connectivity index (χ1v) is 24.8. The first-order chi connectivity index (χ1) is 32.0. The first kappa shape index (κ1) is 48.2. The fraction of sp³-hybridized carbons (Fsp3) is 0.200. The van der Waals surface area contributed by atoms with Gasteiger partial charge in [0.25, 0.3) is 17.1 Å². The van der Waals surface area contributed by atoms with Gasteiger partial charge in [0.05, 0.1) is 21.4 Å². The van der Waals surface area contributed by atoms with Crippen molar-refractivity contribution in [3.8, 4) is 0 Å². The number of nitro groups is 3. The summed E-state index contributed by atoms with van der Waals surface area (Å²) in [5.74, 6) is -1.19. The lowest BCUT2D eigenvalue weighted by Gasteiger charge is -2.39. The SMILES string of the molecule is O=[N+]([O-])c1ccccc1S(=O)(=O)N1CCN(S(=O)(=O)c2ccccc2[N+](=O)[O-])CC(COC(c2ccccc2)(c2ccccc2)c2ccccc2)CN(S(=O)(=O)c2ccccc2[N+](=O)[O-])CC1. The summed E-state index contributed by atoms with van der Waals surface area (Å²) in [6.45, 7) is -4.54. The van der Waals surface area contributed by atoms with Crippen LogP contribution in [0.2, 0.25) is 0 Å². The maximum Gasteiger partial charge on any atom is 0.289 e. The Morgan fingerprint density at radius 1 is 0.433 bits per heavy atom. The van der Waals surface area contributed by atoms with E-state index in [9.17, 15) is 55.6 Å². The number of benzene rings is 6. The second kappa shape index (κ2) is 20.0. The molecule has 0 N–H and O–H groups in total. The highest BCUT2D eigenvalue weighted by Gasteiger charge is 2.43. The minimum Gasteiger partial charge on any atom is -0.360 e. The van der Waals surface area contributed by atoms with Crippen LogP contribution < -0.4 is 0 Å². The Kier molecular flexibility index (Phi) is 14.4. The highest BCUT2D eigenvalue weighted by Crippen LogP contribution is 2.41. The zero-order valence-corrected chi connectivity index (χ0v) is 37.8. The van der Waals surface area contributed by atoms with E-state index in [4.69, 9.17) is 4.74 Å². The molecular weight excluding hydrogens is 929 g/mol. The third kappa shape index (κ3) is 9.86. The van der Waals surface area contributed by atoms with Gasteiger partial charge in [-0.05, 0) is 34.9 Å². The number of hydrogen-bond acceptors (Lipinski definition) is 13. The predicted molar refractivity (Wildman–Crippen MR) is 244 cm³/mol. The van der Waals surface area contributed by atoms with E-state index in [0.29, 0.717) is 21.0 Å². The van der Waals surface area contributed by atoms with E-state index in [2.05, 4.69) is 0 Å². The molecule has 1 saturated heterocycles. The van der Waals surface area contributed by atoms with Crippen LogP contribution in [0.5, 0.6) is 0 Å². The molecule has 0 atom stereocenters. The highest BCUT2D eigenvalue weighted by atomic mass is 32.2. The summed E-state index contributed by atoms with van der Waals surface area (Å²) >= 11 is 0. The van der Waals surface area contributed by atoms with E-state index in [0.717, 1.165) is 45.0 Å². The van der Waals surface area contributed by atoms with Crippen molar-refractivity contribution >= 4 is 47.1 Å². The smallest absolute Gasteiger partial charge is 0.289 e. The van der Waals surface area contributed by atoms with Crippen molar-refractivity contribution in [2.45, 2.75) is 20.3 Å². The average molecular weight is 971 g/mol. The molecule has 348 valence electrons. The van der Waals surface area contributed by atoms with Crippen LogP contribution in [0, 0.1) is 36.3 Å². The number of sulfonamides is 3. The Morgan fingerprint density at radius 3 is 1.01 bits per heavy atom. The van der Waals surface area contributed by atoms with Gasteiger partial charge in [0, 0.05) is 63.4 Å². The van der Waals surface area contributed by atoms with Gasteiger partial charge in [-0.25, -0.2) is 25.3 Å². The fourth-order valence-electron chi connectivity index (χ4n) is 8.06. The van der Waals surface area contributed by atoms with Gasteiger partial charge in [0.15, 0.2) is 14.7 Å². The van der Waals surface area contributed by atoms with Crippen LogP contribution in [0.15, 0.2) is 178 Å². The van der Waals surface area contributed by atoms with Crippen molar-refractivity contribution in [3.05, 3.63) is 211 Å². The van der Waals surface area contributed by atoms with E-state index in [-0.39, 0.29) is 0 Å². The summed E-state index contributed by atoms with van der Waals surface area (Å²) in [5, 5.41) is 36.7. The molecule has 19 nitrogen and oxygen atoms in total. The minimum atomic E-state index is -4.98. The molecule has 1 heterocycles. The number of nitro benzene ring substituents is 3. The second-order valence-electron chi connectivity index (χ2n) is 15.3. The zero-order chi connectivity index (χ0) is 48.0. The number of rotatable bonds is 15. The molecular formula is C45H42N6O13S3. The molecule has 22 heteroatoms. The summed E-state index contributed by atoms with van der Waals surface area (Å²) in [6, 6.07) is 40.7. The topological polar surface area (TPSA) is 251 Å². The molecule has 0 radical (unpaired) electrons. The molecule has 0 aromatic heterocycles. The minimum absolute atomic E-state index is 0.428. The number of para-hydroxylation sites is 3. The van der Waals surface area contributed by atoms with Crippen LogP contribution in [-0.2, 0) is 40.4 Å². The van der Waals surface area contributed by atoms with Gasteiger partial charge in [0.2, 0.25) is 30.1 Å². The molecule has 0 bridgehead atoms. The lowest BCUT2D eigenvalue weighted by Crippen LogP contribution is -2.51. The van der Waals surface area contributed by atoms with Crippen LogP contribution >= 0.6 is 0 Å². The van der Waals surface area contributed by atoms with Crippen molar-refractivity contribution in [1.29, 1.82) is 0 Å². The van der Waals surface area contributed by atoms with Crippen LogP contribution in [-0.4, -0.2) is 98.8 Å². The Bertz CT molecular complexity index is 2920. The van der Waals surface area contributed by atoms with Crippen molar-refractivity contribution < 1.29 is 44.8 Å². The average Bonchev–Trinajstić information content (AvgIpc) is 3.34. The third-order valence-electron chi connectivity index (χ3n) is 11.2. The summed E-state index contributed by atoms with van der Waals surface area (Å²) in [6.07, 6.45) is 0. The Morgan fingerprint density at radius 2 is 0.701 bits per heavy atom. The Labute approximate surface area is 386 Å². The molecule has 1 aliphatic rings. The summed E-state index contributed by atoms with van der Waals surface area (Å²) in [4.78, 5) is 31.7. The van der Waals surface area contributed by atoms with Crippen LogP contribution in [0.25, 0.3) is 0 Å². The van der Waals surface area contributed by atoms with Gasteiger partial charge >= 0.3 is 0 Å². The van der Waals surface area contributed by atoms with Crippen LogP contribution in [0.1, 0.15) is 16.7 Å². The number of hydrogen-bond donors (Lipinski definition) is 0. The zero-order valence-electron chi connectivity index (χ0n) is 35.3. The lowest BCUT2D eigenvalue weighted by atomic mass is 9.80.